The first-order valence-corrected chi connectivity index (χ1v) is 7.96. The lowest BCUT2D eigenvalue weighted by Gasteiger charge is -2.16. The van der Waals surface area contributed by atoms with E-state index in [1.165, 1.54) is 5.56 Å². The number of urea groups is 1. The molecule has 0 spiro atoms. The van der Waals surface area contributed by atoms with E-state index in [2.05, 4.69) is 29.7 Å². The summed E-state index contributed by atoms with van der Waals surface area (Å²) in [5.74, 6) is 1.43. The van der Waals surface area contributed by atoms with E-state index in [4.69, 9.17) is 9.47 Å². The van der Waals surface area contributed by atoms with E-state index in [0.29, 0.717) is 18.0 Å². The predicted molar refractivity (Wildman–Crippen MR) is 96.0 cm³/mol. The lowest BCUT2D eigenvalue weighted by molar-refractivity contribution is 0.253. The maximum Gasteiger partial charge on any atom is 0.319 e. The molecule has 0 atom stereocenters. The first kappa shape index (κ1) is 17.7. The minimum absolute atomic E-state index is 0.302. The zero-order valence-electron chi connectivity index (χ0n) is 14.6. The van der Waals surface area contributed by atoms with Crippen LogP contribution in [-0.4, -0.2) is 20.2 Å². The second kappa shape index (κ2) is 8.24. The van der Waals surface area contributed by atoms with Crippen molar-refractivity contribution in [3.05, 3.63) is 53.1 Å². The standard InChI is InChI=1S/C19H24N2O3/c1-5-14-9-10-16(13(2)11-14)24-12-15-7-6-8-17(23-4)18(15)21-19(22)20-3/h6-11H,5,12H2,1-4H3,(H2,20,21,22). The summed E-state index contributed by atoms with van der Waals surface area (Å²) in [5, 5.41) is 5.33. The highest BCUT2D eigenvalue weighted by atomic mass is 16.5. The lowest BCUT2D eigenvalue weighted by Crippen LogP contribution is -2.25. The third-order valence-corrected chi connectivity index (χ3v) is 3.83. The maximum absolute atomic E-state index is 11.7. The topological polar surface area (TPSA) is 59.6 Å². The van der Waals surface area contributed by atoms with Crippen molar-refractivity contribution in [2.75, 3.05) is 19.5 Å². The van der Waals surface area contributed by atoms with Gasteiger partial charge in [-0.25, -0.2) is 4.79 Å². The molecule has 0 fully saturated rings. The highest BCUT2D eigenvalue weighted by molar-refractivity contribution is 5.91. The van der Waals surface area contributed by atoms with Crippen LogP contribution in [-0.2, 0) is 13.0 Å². The Bertz CT molecular complexity index is 714. The van der Waals surface area contributed by atoms with Gasteiger partial charge in [-0.3, -0.25) is 0 Å². The van der Waals surface area contributed by atoms with E-state index in [0.717, 1.165) is 23.3 Å². The Kier molecular flexibility index (Phi) is 6.07. The van der Waals surface area contributed by atoms with Crippen LogP contribution in [0.25, 0.3) is 0 Å². The Morgan fingerprint density at radius 3 is 2.58 bits per heavy atom. The molecule has 0 aliphatic rings. The average molecular weight is 328 g/mol. The van der Waals surface area contributed by atoms with Crippen LogP contribution in [0.3, 0.4) is 0 Å². The molecule has 0 aliphatic heterocycles. The summed E-state index contributed by atoms with van der Waals surface area (Å²) in [6, 6.07) is 11.5. The summed E-state index contributed by atoms with van der Waals surface area (Å²) in [7, 11) is 3.14. The molecule has 0 heterocycles. The predicted octanol–water partition coefficient (Wildman–Crippen LogP) is 3.90. The molecule has 0 aromatic heterocycles. The van der Waals surface area contributed by atoms with Crippen molar-refractivity contribution >= 4 is 11.7 Å². The highest BCUT2D eigenvalue weighted by Gasteiger charge is 2.12. The second-order valence-corrected chi connectivity index (χ2v) is 5.44. The van der Waals surface area contributed by atoms with Crippen molar-refractivity contribution in [3.8, 4) is 11.5 Å². The fraction of sp³-hybridized carbons (Fsp3) is 0.316. The number of benzene rings is 2. The van der Waals surface area contributed by atoms with Gasteiger partial charge in [0.25, 0.3) is 0 Å². The van der Waals surface area contributed by atoms with Crippen molar-refractivity contribution in [2.45, 2.75) is 26.9 Å². The van der Waals surface area contributed by atoms with Crippen molar-refractivity contribution in [1.29, 1.82) is 0 Å². The fourth-order valence-electron chi connectivity index (χ4n) is 2.43. The van der Waals surface area contributed by atoms with E-state index < -0.39 is 0 Å². The number of rotatable bonds is 6. The maximum atomic E-state index is 11.7. The summed E-state index contributed by atoms with van der Waals surface area (Å²) < 4.78 is 11.3. The number of ether oxygens (including phenoxy) is 2. The Balaban J connectivity index is 2.21. The van der Waals surface area contributed by atoms with Crippen LogP contribution < -0.4 is 20.1 Å². The zero-order chi connectivity index (χ0) is 17.5. The fourth-order valence-corrected chi connectivity index (χ4v) is 2.43. The number of nitrogens with one attached hydrogen (secondary N) is 2. The molecule has 2 aromatic carbocycles. The van der Waals surface area contributed by atoms with E-state index in [1.807, 2.05) is 25.1 Å². The number of carbonyl (C=O) groups excluding carboxylic acids is 1. The molecule has 2 aromatic rings. The van der Waals surface area contributed by atoms with Crippen molar-refractivity contribution in [1.82, 2.24) is 5.32 Å². The van der Waals surface area contributed by atoms with Gasteiger partial charge < -0.3 is 20.1 Å². The van der Waals surface area contributed by atoms with Crippen molar-refractivity contribution < 1.29 is 14.3 Å². The molecule has 0 radical (unpaired) electrons. The Labute approximate surface area is 143 Å². The second-order valence-electron chi connectivity index (χ2n) is 5.44. The molecule has 0 saturated heterocycles. The van der Waals surface area contributed by atoms with Crippen LogP contribution in [0.4, 0.5) is 10.5 Å². The normalized spacial score (nSPS) is 10.2. The number of carbonyl (C=O) groups is 1. The average Bonchev–Trinajstić information content (AvgIpc) is 2.61. The minimum Gasteiger partial charge on any atom is -0.495 e. The lowest BCUT2D eigenvalue weighted by atomic mass is 10.1. The van der Waals surface area contributed by atoms with Crippen LogP contribution in [0.2, 0.25) is 0 Å². The molecule has 0 unspecified atom stereocenters. The molecular weight excluding hydrogens is 304 g/mol. The molecule has 5 nitrogen and oxygen atoms in total. The van der Waals surface area contributed by atoms with Gasteiger partial charge in [0, 0.05) is 12.6 Å². The molecule has 128 valence electrons. The van der Waals surface area contributed by atoms with Crippen LogP contribution >= 0.6 is 0 Å². The van der Waals surface area contributed by atoms with Gasteiger partial charge in [0.15, 0.2) is 0 Å². The molecular formula is C19H24N2O3. The first-order valence-electron chi connectivity index (χ1n) is 7.96. The van der Waals surface area contributed by atoms with Gasteiger partial charge in [0.2, 0.25) is 0 Å². The summed E-state index contributed by atoms with van der Waals surface area (Å²) in [4.78, 5) is 11.7. The van der Waals surface area contributed by atoms with E-state index in [9.17, 15) is 4.79 Å². The van der Waals surface area contributed by atoms with Gasteiger partial charge in [-0.05, 0) is 36.6 Å². The first-order chi connectivity index (χ1) is 11.6. The zero-order valence-corrected chi connectivity index (χ0v) is 14.6. The monoisotopic (exact) mass is 328 g/mol. The number of anilines is 1. The summed E-state index contributed by atoms with van der Waals surface area (Å²) in [5.41, 5.74) is 3.83. The smallest absolute Gasteiger partial charge is 0.319 e. The van der Waals surface area contributed by atoms with Crippen LogP contribution in [0, 0.1) is 6.92 Å². The number of para-hydroxylation sites is 1. The van der Waals surface area contributed by atoms with E-state index >= 15 is 0 Å². The molecule has 0 bridgehead atoms. The Hall–Kier alpha value is -2.69. The van der Waals surface area contributed by atoms with Gasteiger partial charge in [0.05, 0.1) is 12.8 Å². The van der Waals surface area contributed by atoms with Crippen LogP contribution in [0.15, 0.2) is 36.4 Å². The SMILES string of the molecule is CCc1ccc(OCc2cccc(OC)c2NC(=O)NC)c(C)c1. The van der Waals surface area contributed by atoms with E-state index in [-0.39, 0.29) is 6.03 Å². The quantitative estimate of drug-likeness (QED) is 0.845. The number of methoxy groups -OCH3 is 1. The summed E-state index contributed by atoms with van der Waals surface area (Å²) >= 11 is 0. The van der Waals surface area contributed by atoms with E-state index in [1.54, 1.807) is 20.2 Å². The highest BCUT2D eigenvalue weighted by Crippen LogP contribution is 2.30. The number of hydrogen-bond acceptors (Lipinski definition) is 3. The molecule has 2 amide bonds. The minimum atomic E-state index is -0.302. The van der Waals surface area contributed by atoms with Gasteiger partial charge in [-0.2, -0.15) is 0 Å². The molecule has 2 N–H and O–H groups in total. The number of aryl methyl sites for hydroxylation is 2. The third kappa shape index (κ3) is 4.19. The molecule has 0 saturated carbocycles. The molecule has 2 rings (SSSR count). The molecule has 0 aliphatic carbocycles. The summed E-state index contributed by atoms with van der Waals surface area (Å²) in [6.45, 7) is 4.49. The number of amides is 2. The molecule has 5 heteroatoms. The Morgan fingerprint density at radius 2 is 1.96 bits per heavy atom. The van der Waals surface area contributed by atoms with Gasteiger partial charge in [-0.1, -0.05) is 31.2 Å². The van der Waals surface area contributed by atoms with Gasteiger partial charge in [-0.15, -0.1) is 0 Å². The summed E-state index contributed by atoms with van der Waals surface area (Å²) in [6.07, 6.45) is 0.997. The number of hydrogen-bond donors (Lipinski definition) is 2. The van der Waals surface area contributed by atoms with Crippen molar-refractivity contribution in [2.24, 2.45) is 0 Å². The van der Waals surface area contributed by atoms with Gasteiger partial charge in [0.1, 0.15) is 18.1 Å². The van der Waals surface area contributed by atoms with Crippen LogP contribution in [0.1, 0.15) is 23.6 Å². The third-order valence-electron chi connectivity index (χ3n) is 3.83. The Morgan fingerprint density at radius 1 is 1.17 bits per heavy atom. The molecule has 24 heavy (non-hydrogen) atoms. The largest absolute Gasteiger partial charge is 0.495 e. The van der Waals surface area contributed by atoms with Crippen LogP contribution in [0.5, 0.6) is 11.5 Å². The van der Waals surface area contributed by atoms with Gasteiger partial charge >= 0.3 is 6.03 Å². The van der Waals surface area contributed by atoms with Crippen molar-refractivity contribution in [3.63, 3.8) is 0 Å².